The van der Waals surface area contributed by atoms with Crippen molar-refractivity contribution in [3.63, 3.8) is 0 Å². The molecule has 0 aromatic heterocycles. The minimum atomic E-state index is -0.508. The molecular weight excluding hydrogens is 315 g/mol. The fourth-order valence-corrected chi connectivity index (χ4v) is 1.78. The summed E-state index contributed by atoms with van der Waals surface area (Å²) in [5.41, 5.74) is 0. The van der Waals surface area contributed by atoms with Gasteiger partial charge in [0.2, 0.25) is 5.75 Å². The maximum Gasteiger partial charge on any atom is 0.355 e. The highest BCUT2D eigenvalue weighted by Gasteiger charge is 2.17. The Balaban J connectivity index is 2.28. The SMILES string of the molecule is CCC(=O)OOc1ccc(Cl)c(Cl)c1Oc1ccccc1. The van der Waals surface area contributed by atoms with Gasteiger partial charge in [-0.3, -0.25) is 9.78 Å². The molecule has 2 aromatic carbocycles. The third-order valence-electron chi connectivity index (χ3n) is 2.49. The second-order valence-corrected chi connectivity index (χ2v) is 4.78. The van der Waals surface area contributed by atoms with E-state index in [1.165, 1.54) is 12.1 Å². The highest BCUT2D eigenvalue weighted by Crippen LogP contribution is 2.42. The molecular formula is C15H12Cl2O4. The molecule has 0 atom stereocenters. The van der Waals surface area contributed by atoms with E-state index in [1.807, 2.05) is 18.2 Å². The molecule has 6 heteroatoms. The third-order valence-corrected chi connectivity index (χ3v) is 3.28. The van der Waals surface area contributed by atoms with E-state index in [0.717, 1.165) is 0 Å². The van der Waals surface area contributed by atoms with Gasteiger partial charge < -0.3 is 4.74 Å². The minimum Gasteiger partial charge on any atom is -0.452 e. The van der Waals surface area contributed by atoms with Crippen LogP contribution in [0.1, 0.15) is 13.3 Å². The van der Waals surface area contributed by atoms with Crippen molar-refractivity contribution in [1.82, 2.24) is 0 Å². The van der Waals surface area contributed by atoms with Crippen LogP contribution in [0.15, 0.2) is 42.5 Å². The lowest BCUT2D eigenvalue weighted by molar-refractivity contribution is -0.213. The van der Waals surface area contributed by atoms with Gasteiger partial charge in [0, 0.05) is 6.42 Å². The number of hydrogen-bond acceptors (Lipinski definition) is 4. The molecule has 0 bridgehead atoms. The van der Waals surface area contributed by atoms with E-state index >= 15 is 0 Å². The smallest absolute Gasteiger partial charge is 0.355 e. The van der Waals surface area contributed by atoms with Gasteiger partial charge in [0.05, 0.1) is 5.02 Å². The van der Waals surface area contributed by atoms with Crippen molar-refractivity contribution < 1.29 is 19.3 Å². The van der Waals surface area contributed by atoms with Crippen molar-refractivity contribution in [1.29, 1.82) is 0 Å². The average Bonchev–Trinajstić information content (AvgIpc) is 2.51. The fraction of sp³-hybridized carbons (Fsp3) is 0.133. The number of benzene rings is 2. The normalized spacial score (nSPS) is 10.0. The largest absolute Gasteiger partial charge is 0.452 e. The van der Waals surface area contributed by atoms with Crippen LogP contribution in [0.5, 0.6) is 17.2 Å². The minimum absolute atomic E-state index is 0.162. The molecule has 0 aliphatic heterocycles. The Morgan fingerprint density at radius 2 is 1.81 bits per heavy atom. The summed E-state index contributed by atoms with van der Waals surface area (Å²) in [6.07, 6.45) is 0.191. The first-order valence-electron chi connectivity index (χ1n) is 6.20. The Labute approximate surface area is 132 Å². The van der Waals surface area contributed by atoms with Crippen LogP contribution >= 0.6 is 23.2 Å². The van der Waals surface area contributed by atoms with Gasteiger partial charge in [0.25, 0.3) is 0 Å². The molecule has 0 saturated carbocycles. The van der Waals surface area contributed by atoms with Crippen LogP contribution in [0.25, 0.3) is 0 Å². The first-order valence-corrected chi connectivity index (χ1v) is 6.95. The number of rotatable bonds is 5. The summed E-state index contributed by atoms with van der Waals surface area (Å²) in [6.45, 7) is 1.65. The van der Waals surface area contributed by atoms with Gasteiger partial charge in [-0.2, -0.15) is 0 Å². The van der Waals surface area contributed by atoms with Gasteiger partial charge in [0.1, 0.15) is 10.8 Å². The zero-order valence-electron chi connectivity index (χ0n) is 11.1. The lowest BCUT2D eigenvalue weighted by Gasteiger charge is -2.13. The van der Waals surface area contributed by atoms with E-state index in [-0.39, 0.29) is 22.9 Å². The van der Waals surface area contributed by atoms with Crippen molar-refractivity contribution in [2.75, 3.05) is 0 Å². The van der Waals surface area contributed by atoms with Crippen LogP contribution in [-0.2, 0) is 9.68 Å². The van der Waals surface area contributed by atoms with E-state index in [0.29, 0.717) is 10.8 Å². The molecule has 0 aliphatic carbocycles. The Hall–Kier alpha value is -1.91. The van der Waals surface area contributed by atoms with E-state index in [1.54, 1.807) is 19.1 Å². The standard InChI is InChI=1S/C15H12Cl2O4/c1-2-13(18)21-20-12-9-8-11(16)14(17)15(12)19-10-6-4-3-5-7-10/h3-9H,2H2,1H3. The molecule has 0 unspecified atom stereocenters. The molecule has 21 heavy (non-hydrogen) atoms. The summed E-state index contributed by atoms with van der Waals surface area (Å²) >= 11 is 12.1. The number of halogens is 2. The van der Waals surface area contributed by atoms with Gasteiger partial charge in [-0.1, -0.05) is 48.3 Å². The van der Waals surface area contributed by atoms with Gasteiger partial charge in [-0.05, 0) is 24.3 Å². The van der Waals surface area contributed by atoms with Crippen molar-refractivity contribution in [2.24, 2.45) is 0 Å². The predicted octanol–water partition coefficient (Wildman–Crippen LogP) is 5.03. The molecule has 0 spiro atoms. The maximum absolute atomic E-state index is 11.2. The summed E-state index contributed by atoms with van der Waals surface area (Å²) in [6, 6.07) is 12.0. The van der Waals surface area contributed by atoms with Gasteiger partial charge >= 0.3 is 5.97 Å². The summed E-state index contributed by atoms with van der Waals surface area (Å²) in [7, 11) is 0. The molecule has 0 N–H and O–H groups in total. The first kappa shape index (κ1) is 15.5. The maximum atomic E-state index is 11.2. The first-order chi connectivity index (χ1) is 10.1. The van der Waals surface area contributed by atoms with Crippen molar-refractivity contribution in [3.05, 3.63) is 52.5 Å². The van der Waals surface area contributed by atoms with E-state index in [9.17, 15) is 4.79 Å². The topological polar surface area (TPSA) is 44.8 Å². The molecule has 0 heterocycles. The third kappa shape index (κ3) is 4.03. The van der Waals surface area contributed by atoms with Gasteiger partial charge in [-0.25, -0.2) is 4.79 Å². The van der Waals surface area contributed by atoms with Crippen molar-refractivity contribution in [3.8, 4) is 17.2 Å². The molecule has 0 fully saturated rings. The lowest BCUT2D eigenvalue weighted by atomic mass is 10.3. The average molecular weight is 327 g/mol. The molecule has 0 amide bonds. The molecule has 0 saturated heterocycles. The van der Waals surface area contributed by atoms with Crippen molar-refractivity contribution >= 4 is 29.2 Å². The monoisotopic (exact) mass is 326 g/mol. The van der Waals surface area contributed by atoms with Crippen molar-refractivity contribution in [2.45, 2.75) is 13.3 Å². The zero-order chi connectivity index (χ0) is 15.2. The van der Waals surface area contributed by atoms with Crippen LogP contribution < -0.4 is 9.62 Å². The lowest BCUT2D eigenvalue weighted by Crippen LogP contribution is -2.06. The molecule has 2 aromatic rings. The Morgan fingerprint density at radius 3 is 2.48 bits per heavy atom. The van der Waals surface area contributed by atoms with E-state index < -0.39 is 5.97 Å². The van der Waals surface area contributed by atoms with Crippen LogP contribution in [-0.4, -0.2) is 5.97 Å². The van der Waals surface area contributed by atoms with Crippen LogP contribution in [0.3, 0.4) is 0 Å². The van der Waals surface area contributed by atoms with Crippen LogP contribution in [0.4, 0.5) is 0 Å². The molecule has 2 rings (SSSR count). The number of ether oxygens (including phenoxy) is 1. The summed E-state index contributed by atoms with van der Waals surface area (Å²) in [5, 5.41) is 0.474. The van der Waals surface area contributed by atoms with E-state index in [2.05, 4.69) is 4.89 Å². The quantitative estimate of drug-likeness (QED) is 0.570. The molecule has 0 aliphatic rings. The Bertz CT molecular complexity index is 629. The zero-order valence-corrected chi connectivity index (χ0v) is 12.6. The second-order valence-electron chi connectivity index (χ2n) is 4.00. The highest BCUT2D eigenvalue weighted by atomic mass is 35.5. The molecule has 4 nitrogen and oxygen atoms in total. The number of hydrogen-bond donors (Lipinski definition) is 0. The highest BCUT2D eigenvalue weighted by molar-refractivity contribution is 6.43. The Kier molecular flexibility index (Phi) is 5.31. The molecule has 0 radical (unpaired) electrons. The summed E-state index contributed by atoms with van der Waals surface area (Å²) in [5.74, 6) is 0.384. The van der Waals surface area contributed by atoms with Gasteiger partial charge in [0.15, 0.2) is 5.75 Å². The number of para-hydroxylation sites is 1. The fourth-order valence-electron chi connectivity index (χ4n) is 1.43. The number of carbonyl (C=O) groups excluding carboxylic acids is 1. The van der Waals surface area contributed by atoms with E-state index in [4.69, 9.17) is 32.8 Å². The molecule has 110 valence electrons. The van der Waals surface area contributed by atoms with Crippen LogP contribution in [0.2, 0.25) is 10.0 Å². The second kappa shape index (κ2) is 7.20. The summed E-state index contributed by atoms with van der Waals surface area (Å²) < 4.78 is 5.65. The Morgan fingerprint density at radius 1 is 1.10 bits per heavy atom. The van der Waals surface area contributed by atoms with Gasteiger partial charge in [-0.15, -0.1) is 0 Å². The van der Waals surface area contributed by atoms with Crippen LogP contribution in [0, 0.1) is 0 Å². The number of carbonyl (C=O) groups is 1. The predicted molar refractivity (Wildman–Crippen MR) is 80.0 cm³/mol. The summed E-state index contributed by atoms with van der Waals surface area (Å²) in [4.78, 5) is 20.8.